The molecule has 0 saturated carbocycles. The summed E-state index contributed by atoms with van der Waals surface area (Å²) in [6.45, 7) is -2.39. The summed E-state index contributed by atoms with van der Waals surface area (Å²) >= 11 is 0. The molecular weight excluding hydrogens is 257 g/mol. The summed E-state index contributed by atoms with van der Waals surface area (Å²) in [6.07, 6.45) is -4.75. The van der Waals surface area contributed by atoms with Gasteiger partial charge in [-0.15, -0.1) is 0 Å². The molecule has 0 unspecified atom stereocenters. The molecule has 0 bridgehead atoms. The van der Waals surface area contributed by atoms with Gasteiger partial charge in [-0.05, 0) is 0 Å². The highest BCUT2D eigenvalue weighted by atomic mass is 19.4. The number of imide groups is 1. The van der Waals surface area contributed by atoms with Gasteiger partial charge in [-0.3, -0.25) is 19.7 Å². The number of nitrogens with zero attached hydrogens (tertiary/aromatic N) is 1. The van der Waals surface area contributed by atoms with Crippen molar-refractivity contribution in [1.29, 1.82) is 0 Å². The Labute approximate surface area is 100 Å². The molecule has 1 aliphatic rings. The van der Waals surface area contributed by atoms with Gasteiger partial charge >= 0.3 is 6.18 Å². The fourth-order valence-electron chi connectivity index (χ4n) is 1.32. The first kappa shape index (κ1) is 14.4. The van der Waals surface area contributed by atoms with Gasteiger partial charge in [0.1, 0.15) is 19.7 Å². The van der Waals surface area contributed by atoms with Gasteiger partial charge in [-0.1, -0.05) is 0 Å². The summed E-state index contributed by atoms with van der Waals surface area (Å²) in [4.78, 5) is 34.3. The van der Waals surface area contributed by atoms with E-state index in [2.05, 4.69) is 4.74 Å². The van der Waals surface area contributed by atoms with E-state index in [1.807, 2.05) is 5.32 Å². The molecule has 0 aromatic carbocycles. The molecule has 3 amide bonds. The first-order valence-electron chi connectivity index (χ1n) is 5.03. The maximum atomic E-state index is 11.7. The molecule has 0 aliphatic carbocycles. The molecule has 0 atom stereocenters. The number of piperazine rings is 1. The molecule has 0 aromatic rings. The molecule has 1 rings (SSSR count). The van der Waals surface area contributed by atoms with Gasteiger partial charge in [-0.25, -0.2) is 0 Å². The van der Waals surface area contributed by atoms with Gasteiger partial charge in [0.2, 0.25) is 17.7 Å². The van der Waals surface area contributed by atoms with E-state index in [0.717, 1.165) is 4.90 Å². The van der Waals surface area contributed by atoms with Crippen molar-refractivity contribution >= 4 is 17.7 Å². The van der Waals surface area contributed by atoms with Crippen molar-refractivity contribution in [3.05, 3.63) is 0 Å². The molecule has 1 saturated heterocycles. The molecule has 0 spiro atoms. The number of amides is 3. The maximum Gasteiger partial charge on any atom is 0.411 e. The Kier molecular flexibility index (Phi) is 4.65. The normalized spacial score (nSPS) is 16.7. The van der Waals surface area contributed by atoms with Crippen molar-refractivity contribution in [3.63, 3.8) is 0 Å². The van der Waals surface area contributed by atoms with Crippen LogP contribution in [-0.2, 0) is 19.1 Å². The Bertz CT molecular complexity index is 340. The van der Waals surface area contributed by atoms with Crippen LogP contribution in [0.2, 0.25) is 0 Å². The highest BCUT2D eigenvalue weighted by molar-refractivity contribution is 6.02. The Hall–Kier alpha value is -1.64. The number of carbonyl (C=O) groups is 3. The van der Waals surface area contributed by atoms with E-state index in [4.69, 9.17) is 0 Å². The molecule has 1 heterocycles. The first-order valence-corrected chi connectivity index (χ1v) is 5.03. The van der Waals surface area contributed by atoms with Crippen molar-refractivity contribution in [2.75, 3.05) is 26.3 Å². The lowest BCUT2D eigenvalue weighted by molar-refractivity contribution is -0.175. The fraction of sp³-hybridized carbons (Fsp3) is 0.667. The second-order valence-electron chi connectivity index (χ2n) is 3.64. The van der Waals surface area contributed by atoms with Crippen LogP contribution in [0.3, 0.4) is 0 Å². The Morgan fingerprint density at radius 1 is 1.28 bits per heavy atom. The third kappa shape index (κ3) is 5.13. The average Bonchev–Trinajstić information content (AvgIpc) is 2.21. The smallest absolute Gasteiger partial charge is 0.372 e. The van der Waals surface area contributed by atoms with Crippen molar-refractivity contribution < 1.29 is 32.3 Å². The quantitative estimate of drug-likeness (QED) is 0.548. The van der Waals surface area contributed by atoms with Gasteiger partial charge in [0, 0.05) is 0 Å². The van der Waals surface area contributed by atoms with E-state index in [1.165, 1.54) is 0 Å². The zero-order chi connectivity index (χ0) is 13.8. The second kappa shape index (κ2) is 5.80. The summed E-state index contributed by atoms with van der Waals surface area (Å²) in [5.74, 6) is -1.83. The number of rotatable bonds is 4. The second-order valence-corrected chi connectivity index (χ2v) is 3.64. The van der Waals surface area contributed by atoms with Gasteiger partial charge < -0.3 is 9.64 Å². The summed E-state index contributed by atoms with van der Waals surface area (Å²) in [6, 6.07) is 0. The van der Waals surface area contributed by atoms with E-state index >= 15 is 0 Å². The highest BCUT2D eigenvalue weighted by Gasteiger charge is 2.28. The summed E-state index contributed by atoms with van der Waals surface area (Å²) in [5, 5.41) is 2.00. The summed E-state index contributed by atoms with van der Waals surface area (Å²) < 4.78 is 39.4. The van der Waals surface area contributed by atoms with Crippen LogP contribution in [0.4, 0.5) is 13.2 Å². The number of hydrogen-bond donors (Lipinski definition) is 1. The van der Waals surface area contributed by atoms with Crippen LogP contribution < -0.4 is 5.32 Å². The lowest BCUT2D eigenvalue weighted by atomic mass is 10.3. The molecule has 18 heavy (non-hydrogen) atoms. The van der Waals surface area contributed by atoms with Gasteiger partial charge in [-0.2, -0.15) is 13.2 Å². The van der Waals surface area contributed by atoms with E-state index in [1.54, 1.807) is 0 Å². The number of alkyl halides is 3. The molecule has 1 fully saturated rings. The maximum absolute atomic E-state index is 11.7. The van der Waals surface area contributed by atoms with E-state index in [9.17, 15) is 27.6 Å². The standard InChI is InChI=1S/C9H11F3N2O4/c10-9(11,12)5-18-2-1-8(17)14-3-6(15)13-7(16)4-14/h1-5H2,(H,13,15,16). The molecule has 9 heteroatoms. The fourth-order valence-corrected chi connectivity index (χ4v) is 1.32. The molecular formula is C9H11F3N2O4. The average molecular weight is 268 g/mol. The van der Waals surface area contributed by atoms with E-state index in [0.29, 0.717) is 0 Å². The number of nitrogens with one attached hydrogen (secondary N) is 1. The van der Waals surface area contributed by atoms with E-state index < -0.39 is 37.1 Å². The summed E-state index contributed by atoms with van der Waals surface area (Å²) in [5.41, 5.74) is 0. The molecule has 1 N–H and O–H groups in total. The summed E-state index contributed by atoms with van der Waals surface area (Å²) in [7, 11) is 0. The van der Waals surface area contributed by atoms with Crippen LogP contribution in [0, 0.1) is 0 Å². The molecule has 6 nitrogen and oxygen atoms in total. The van der Waals surface area contributed by atoms with Crippen LogP contribution in [-0.4, -0.2) is 55.1 Å². The number of halogens is 3. The molecule has 0 radical (unpaired) electrons. The zero-order valence-electron chi connectivity index (χ0n) is 9.25. The Morgan fingerprint density at radius 2 is 1.83 bits per heavy atom. The van der Waals surface area contributed by atoms with Gasteiger partial charge in [0.25, 0.3) is 0 Å². The molecule has 0 aromatic heterocycles. The SMILES string of the molecule is O=C1CN(C(=O)CCOCC(F)(F)F)CC(=O)N1. The minimum absolute atomic E-state index is 0.274. The third-order valence-corrected chi connectivity index (χ3v) is 2.03. The topological polar surface area (TPSA) is 75.7 Å². The van der Waals surface area contributed by atoms with Crippen LogP contribution in [0.25, 0.3) is 0 Å². The van der Waals surface area contributed by atoms with Gasteiger partial charge in [0.15, 0.2) is 0 Å². The third-order valence-electron chi connectivity index (χ3n) is 2.03. The van der Waals surface area contributed by atoms with Crippen molar-refractivity contribution in [1.82, 2.24) is 10.2 Å². The van der Waals surface area contributed by atoms with Crippen LogP contribution in [0.5, 0.6) is 0 Å². The number of hydrogen-bond acceptors (Lipinski definition) is 4. The lowest BCUT2D eigenvalue weighted by Gasteiger charge is -2.25. The number of carbonyl (C=O) groups excluding carboxylic acids is 3. The van der Waals surface area contributed by atoms with Gasteiger partial charge in [0.05, 0.1) is 13.0 Å². The minimum atomic E-state index is -4.44. The minimum Gasteiger partial charge on any atom is -0.372 e. The Morgan fingerprint density at radius 3 is 2.33 bits per heavy atom. The van der Waals surface area contributed by atoms with Crippen molar-refractivity contribution in [3.8, 4) is 0 Å². The monoisotopic (exact) mass is 268 g/mol. The number of ether oxygens (including phenoxy) is 1. The first-order chi connectivity index (χ1) is 8.28. The predicted octanol–water partition coefficient (Wildman–Crippen LogP) is -0.560. The molecule has 1 aliphatic heterocycles. The largest absolute Gasteiger partial charge is 0.411 e. The Balaban J connectivity index is 2.28. The highest BCUT2D eigenvalue weighted by Crippen LogP contribution is 2.14. The van der Waals surface area contributed by atoms with E-state index in [-0.39, 0.29) is 19.5 Å². The molecule has 102 valence electrons. The van der Waals surface area contributed by atoms with Crippen molar-refractivity contribution in [2.24, 2.45) is 0 Å². The lowest BCUT2D eigenvalue weighted by Crippen LogP contribution is -2.53. The van der Waals surface area contributed by atoms with Crippen LogP contribution >= 0.6 is 0 Å². The predicted molar refractivity (Wildman–Crippen MR) is 51.2 cm³/mol. The van der Waals surface area contributed by atoms with Crippen LogP contribution in [0.1, 0.15) is 6.42 Å². The van der Waals surface area contributed by atoms with Crippen molar-refractivity contribution in [2.45, 2.75) is 12.6 Å². The van der Waals surface area contributed by atoms with Crippen LogP contribution in [0.15, 0.2) is 0 Å². The zero-order valence-corrected chi connectivity index (χ0v) is 9.25.